The molecule has 0 saturated heterocycles. The first-order chi connectivity index (χ1) is 17.0. The summed E-state index contributed by atoms with van der Waals surface area (Å²) in [5, 5.41) is 2.78. The number of carbonyl (C=O) groups is 2. The topological polar surface area (TPSA) is 109 Å². The highest BCUT2D eigenvalue weighted by Crippen LogP contribution is 2.49. The highest BCUT2D eigenvalue weighted by Gasteiger charge is 2.32. The lowest BCUT2D eigenvalue weighted by molar-refractivity contribution is -0.143. The zero-order valence-corrected chi connectivity index (χ0v) is 22.6. The minimum atomic E-state index is -3.74. The van der Waals surface area contributed by atoms with Crippen molar-refractivity contribution in [3.05, 3.63) is 59.7 Å². The minimum Gasteiger partial charge on any atom is -0.488 e. The Hall–Kier alpha value is -2.87. The normalized spacial score (nSPS) is 12.5. The van der Waals surface area contributed by atoms with Crippen molar-refractivity contribution >= 4 is 25.0 Å². The van der Waals surface area contributed by atoms with Gasteiger partial charge in [0.15, 0.2) is 0 Å². The van der Waals surface area contributed by atoms with E-state index in [4.69, 9.17) is 23.3 Å². The van der Waals surface area contributed by atoms with Gasteiger partial charge in [-0.25, -0.2) is 9.59 Å². The molecule has 0 aliphatic rings. The Morgan fingerprint density at radius 3 is 2.17 bits per heavy atom. The fraction of sp³-hybridized carbons (Fsp3) is 0.462. The van der Waals surface area contributed by atoms with E-state index in [-0.39, 0.29) is 31.5 Å². The summed E-state index contributed by atoms with van der Waals surface area (Å²) in [6.45, 7) is 9.17. The lowest BCUT2D eigenvalue weighted by Crippen LogP contribution is -2.45. The molecule has 2 rings (SSSR count). The molecule has 0 radical (unpaired) electrons. The number of benzene rings is 2. The molecule has 0 saturated carbocycles. The number of hydrogen-bond acceptors (Lipinski definition) is 8. The molecule has 0 unspecified atom stereocenters. The molecular weight excluding hydrogens is 485 g/mol. The second kappa shape index (κ2) is 13.4. The van der Waals surface area contributed by atoms with Gasteiger partial charge in [0.05, 0.1) is 20.3 Å². The Bertz CT molecular complexity index is 1040. The van der Waals surface area contributed by atoms with Crippen LogP contribution in [0.15, 0.2) is 48.5 Å². The predicted molar refractivity (Wildman–Crippen MR) is 137 cm³/mol. The molecular formula is C26H36NO8P. The zero-order chi connectivity index (χ0) is 26.8. The number of methoxy groups -OCH3 is 1. The van der Waals surface area contributed by atoms with Crippen LogP contribution in [0, 0.1) is 0 Å². The SMILES string of the molecule is CCOP(=O)(OCC)c1cc(C[C@H](NC(=O)OC(C)(C)C)C(=O)OC)ccc1OCc1ccccc1. The summed E-state index contributed by atoms with van der Waals surface area (Å²) in [7, 11) is -2.51. The van der Waals surface area contributed by atoms with Gasteiger partial charge in [-0.05, 0) is 57.9 Å². The van der Waals surface area contributed by atoms with Crippen molar-refractivity contribution in [1.82, 2.24) is 5.32 Å². The summed E-state index contributed by atoms with van der Waals surface area (Å²) in [6, 6.07) is 13.5. The number of hydrogen-bond donors (Lipinski definition) is 1. The van der Waals surface area contributed by atoms with Crippen molar-refractivity contribution in [1.29, 1.82) is 0 Å². The van der Waals surface area contributed by atoms with E-state index >= 15 is 0 Å². The standard InChI is InChI=1S/C26H36NO8P/c1-7-33-36(30,34-8-2)23-17-20(14-15-22(23)32-18-19-12-10-9-11-13-19)16-21(24(28)31-6)27-25(29)35-26(3,4)5/h9-15,17,21H,7-8,16,18H2,1-6H3,(H,27,29)/t21-/m0/s1. The van der Waals surface area contributed by atoms with E-state index in [0.717, 1.165) is 5.56 Å². The van der Waals surface area contributed by atoms with Gasteiger partial charge >= 0.3 is 19.7 Å². The first-order valence-corrected chi connectivity index (χ1v) is 13.3. The van der Waals surface area contributed by atoms with Crippen molar-refractivity contribution in [3.8, 4) is 5.75 Å². The van der Waals surface area contributed by atoms with Crippen LogP contribution < -0.4 is 15.4 Å². The van der Waals surface area contributed by atoms with E-state index in [0.29, 0.717) is 11.3 Å². The molecule has 0 bridgehead atoms. The second-order valence-corrected chi connectivity index (χ2v) is 10.8. The van der Waals surface area contributed by atoms with Crippen LogP contribution in [0.3, 0.4) is 0 Å². The van der Waals surface area contributed by atoms with Crippen LogP contribution in [0.1, 0.15) is 45.7 Å². The quantitative estimate of drug-likeness (QED) is 0.314. The third-order valence-electron chi connectivity index (χ3n) is 4.77. The first-order valence-electron chi connectivity index (χ1n) is 11.8. The van der Waals surface area contributed by atoms with Gasteiger partial charge in [-0.3, -0.25) is 4.57 Å². The number of amides is 1. The molecule has 10 heteroatoms. The fourth-order valence-corrected chi connectivity index (χ4v) is 5.06. The molecule has 0 fully saturated rings. The maximum absolute atomic E-state index is 13.7. The lowest BCUT2D eigenvalue weighted by Gasteiger charge is -2.24. The lowest BCUT2D eigenvalue weighted by atomic mass is 10.1. The van der Waals surface area contributed by atoms with Gasteiger partial charge in [0.25, 0.3) is 0 Å². The number of rotatable bonds is 12. The summed E-state index contributed by atoms with van der Waals surface area (Å²) in [5.41, 5.74) is 0.780. The molecule has 2 aromatic rings. The largest absolute Gasteiger partial charge is 0.488 e. The van der Waals surface area contributed by atoms with E-state index in [1.54, 1.807) is 52.8 Å². The number of carbonyl (C=O) groups excluding carboxylic acids is 2. The van der Waals surface area contributed by atoms with E-state index in [1.165, 1.54) is 7.11 Å². The number of alkyl carbamates (subject to hydrolysis) is 1. The Morgan fingerprint density at radius 1 is 0.972 bits per heavy atom. The van der Waals surface area contributed by atoms with Gasteiger partial charge in [0.2, 0.25) is 0 Å². The van der Waals surface area contributed by atoms with Crippen molar-refractivity contribution in [2.45, 2.75) is 59.3 Å². The second-order valence-electron chi connectivity index (χ2n) is 8.84. The average Bonchev–Trinajstić information content (AvgIpc) is 2.82. The molecule has 9 nitrogen and oxygen atoms in total. The Labute approximate surface area is 213 Å². The van der Waals surface area contributed by atoms with E-state index < -0.39 is 31.3 Å². The van der Waals surface area contributed by atoms with Crippen molar-refractivity contribution in [2.75, 3.05) is 20.3 Å². The highest BCUT2D eigenvalue weighted by molar-refractivity contribution is 7.62. The van der Waals surface area contributed by atoms with Gasteiger partial charge in [-0.1, -0.05) is 36.4 Å². The highest BCUT2D eigenvalue weighted by atomic mass is 31.2. The molecule has 1 amide bonds. The summed E-state index contributed by atoms with van der Waals surface area (Å²) in [6.07, 6.45) is -0.703. The fourth-order valence-electron chi connectivity index (χ4n) is 3.30. The summed E-state index contributed by atoms with van der Waals surface area (Å²) >= 11 is 0. The molecule has 198 valence electrons. The molecule has 1 N–H and O–H groups in total. The van der Waals surface area contributed by atoms with Gasteiger partial charge < -0.3 is 28.6 Å². The van der Waals surface area contributed by atoms with Crippen LogP contribution in [0.25, 0.3) is 0 Å². The Kier molecular flexibility index (Phi) is 11.0. The third-order valence-corrected chi connectivity index (χ3v) is 6.91. The Morgan fingerprint density at radius 2 is 1.61 bits per heavy atom. The predicted octanol–water partition coefficient (Wildman–Crippen LogP) is 4.77. The van der Waals surface area contributed by atoms with E-state index in [2.05, 4.69) is 5.32 Å². The number of esters is 1. The zero-order valence-electron chi connectivity index (χ0n) is 21.7. The van der Waals surface area contributed by atoms with Gasteiger partial charge in [-0.15, -0.1) is 0 Å². The van der Waals surface area contributed by atoms with E-state index in [9.17, 15) is 14.2 Å². The molecule has 0 aliphatic carbocycles. The number of ether oxygens (including phenoxy) is 3. The van der Waals surface area contributed by atoms with Gasteiger partial charge in [0, 0.05) is 6.42 Å². The van der Waals surface area contributed by atoms with E-state index in [1.807, 2.05) is 30.3 Å². The van der Waals surface area contributed by atoms with Crippen molar-refractivity contribution < 1.29 is 37.4 Å². The summed E-state index contributed by atoms with van der Waals surface area (Å²) < 4.78 is 41.0. The van der Waals surface area contributed by atoms with Crippen LogP contribution in [0.2, 0.25) is 0 Å². The van der Waals surface area contributed by atoms with Crippen LogP contribution in [-0.2, 0) is 40.9 Å². The third kappa shape index (κ3) is 8.97. The maximum atomic E-state index is 13.7. The van der Waals surface area contributed by atoms with Crippen molar-refractivity contribution in [3.63, 3.8) is 0 Å². The first kappa shape index (κ1) is 29.4. The Balaban J connectivity index is 2.39. The monoisotopic (exact) mass is 521 g/mol. The molecule has 36 heavy (non-hydrogen) atoms. The minimum absolute atomic E-state index is 0.0517. The maximum Gasteiger partial charge on any atom is 0.408 e. The van der Waals surface area contributed by atoms with Gasteiger partial charge in [-0.2, -0.15) is 0 Å². The van der Waals surface area contributed by atoms with Crippen LogP contribution in [-0.4, -0.2) is 44.0 Å². The van der Waals surface area contributed by atoms with Crippen molar-refractivity contribution in [2.24, 2.45) is 0 Å². The van der Waals surface area contributed by atoms with Crippen LogP contribution >= 0.6 is 7.60 Å². The van der Waals surface area contributed by atoms with Gasteiger partial charge in [0.1, 0.15) is 29.3 Å². The number of nitrogens with one attached hydrogen (secondary N) is 1. The molecule has 2 aromatic carbocycles. The summed E-state index contributed by atoms with van der Waals surface area (Å²) in [5.74, 6) is -0.313. The average molecular weight is 522 g/mol. The smallest absolute Gasteiger partial charge is 0.408 e. The van der Waals surface area contributed by atoms with Crippen LogP contribution in [0.4, 0.5) is 4.79 Å². The van der Waals surface area contributed by atoms with Crippen LogP contribution in [0.5, 0.6) is 5.75 Å². The molecule has 0 aromatic heterocycles. The molecule has 0 heterocycles. The molecule has 1 atom stereocenters. The molecule has 0 spiro atoms. The molecule has 0 aliphatic heterocycles. The summed E-state index contributed by atoms with van der Waals surface area (Å²) in [4.78, 5) is 24.7.